The van der Waals surface area contributed by atoms with Gasteiger partial charge < -0.3 is 19.1 Å². The molecule has 4 aromatic rings. The number of carbonyl (C=O) groups is 1. The largest absolute Gasteiger partial charge is 0.479 e. The van der Waals surface area contributed by atoms with Gasteiger partial charge in [-0.25, -0.2) is 13.6 Å². The van der Waals surface area contributed by atoms with Crippen molar-refractivity contribution in [3.05, 3.63) is 58.9 Å². The third kappa shape index (κ3) is 3.69. The minimum Gasteiger partial charge on any atom is -0.479 e. The number of nitrogens with one attached hydrogen (secondary N) is 1. The summed E-state index contributed by atoms with van der Waals surface area (Å²) in [5, 5.41) is 17.4. The first-order valence-corrected chi connectivity index (χ1v) is 12.3. The Morgan fingerprint density at radius 1 is 1.14 bits per heavy atom. The number of hydrogen-bond acceptors (Lipinski definition) is 4. The van der Waals surface area contributed by atoms with Crippen LogP contribution in [0, 0.1) is 18.6 Å². The molecule has 188 valence electrons. The molecule has 0 radical (unpaired) electrons. The number of rotatable bonds is 4. The van der Waals surface area contributed by atoms with Crippen LogP contribution in [-0.4, -0.2) is 51.8 Å². The highest BCUT2D eigenvalue weighted by Crippen LogP contribution is 2.46. The van der Waals surface area contributed by atoms with Gasteiger partial charge in [0.2, 0.25) is 0 Å². The second kappa shape index (κ2) is 8.97. The average Bonchev–Trinajstić information content (AvgIpc) is 3.50. The Morgan fingerprint density at radius 2 is 1.94 bits per heavy atom. The van der Waals surface area contributed by atoms with Crippen molar-refractivity contribution in [2.24, 2.45) is 0 Å². The predicted molar refractivity (Wildman–Crippen MR) is 130 cm³/mol. The molecule has 7 nitrogen and oxygen atoms in total. The third-order valence-electron chi connectivity index (χ3n) is 7.65. The van der Waals surface area contributed by atoms with Gasteiger partial charge in [-0.3, -0.25) is 5.10 Å². The number of aryl methyl sites for hydroxylation is 1. The van der Waals surface area contributed by atoms with Crippen LogP contribution < -0.4 is 0 Å². The predicted octanol–water partition coefficient (Wildman–Crippen LogP) is 5.33. The smallest absolute Gasteiger partial charge is 0.332 e. The number of halogens is 2. The van der Waals surface area contributed by atoms with Crippen molar-refractivity contribution in [1.82, 2.24) is 14.8 Å². The Hall–Kier alpha value is -3.30. The summed E-state index contributed by atoms with van der Waals surface area (Å²) in [7, 11) is 0. The summed E-state index contributed by atoms with van der Waals surface area (Å²) >= 11 is 0. The molecule has 2 aromatic heterocycles. The summed E-state index contributed by atoms with van der Waals surface area (Å²) in [4.78, 5) is 11.5. The summed E-state index contributed by atoms with van der Waals surface area (Å²) in [5.41, 5.74) is 4.09. The van der Waals surface area contributed by atoms with Crippen molar-refractivity contribution in [3.63, 3.8) is 0 Å². The number of fused-ring (bicyclic) bond motifs is 2. The van der Waals surface area contributed by atoms with E-state index >= 15 is 4.39 Å². The molecular formula is C27H27F2N3O4. The van der Waals surface area contributed by atoms with Gasteiger partial charge in [-0.15, -0.1) is 0 Å². The zero-order valence-electron chi connectivity index (χ0n) is 19.9. The monoisotopic (exact) mass is 495 g/mol. The number of carboxylic acid groups (broad SMARTS) is 1. The Labute approximate surface area is 206 Å². The highest BCUT2D eigenvalue weighted by molar-refractivity contribution is 6.00. The molecule has 2 aliphatic heterocycles. The zero-order valence-corrected chi connectivity index (χ0v) is 19.9. The van der Waals surface area contributed by atoms with Gasteiger partial charge in [-0.2, -0.15) is 5.10 Å². The van der Waals surface area contributed by atoms with E-state index in [4.69, 9.17) is 9.47 Å². The molecule has 2 aromatic carbocycles. The maximum atomic E-state index is 16.2. The molecule has 4 heterocycles. The minimum atomic E-state index is -0.979. The Morgan fingerprint density at radius 3 is 2.64 bits per heavy atom. The number of nitrogens with zero attached hydrogens (tertiary/aromatic N) is 2. The average molecular weight is 496 g/mol. The lowest BCUT2D eigenvalue weighted by molar-refractivity contribution is -0.153. The van der Waals surface area contributed by atoms with E-state index in [1.165, 1.54) is 6.07 Å². The first kappa shape index (κ1) is 23.1. The van der Waals surface area contributed by atoms with E-state index in [0.29, 0.717) is 53.4 Å². The fourth-order valence-electron chi connectivity index (χ4n) is 5.86. The summed E-state index contributed by atoms with van der Waals surface area (Å²) in [6.45, 7) is 3.11. The molecule has 0 unspecified atom stereocenters. The van der Waals surface area contributed by atoms with Crippen LogP contribution in [0.2, 0.25) is 0 Å². The minimum absolute atomic E-state index is 0.0968. The highest BCUT2D eigenvalue weighted by atomic mass is 19.1. The van der Waals surface area contributed by atoms with Crippen molar-refractivity contribution in [2.75, 3.05) is 19.8 Å². The number of ether oxygens (including phenoxy) is 2. The molecule has 0 amide bonds. The Balaban J connectivity index is 1.66. The van der Waals surface area contributed by atoms with Crippen LogP contribution in [0.4, 0.5) is 8.78 Å². The molecular weight excluding hydrogens is 468 g/mol. The van der Waals surface area contributed by atoms with Crippen molar-refractivity contribution in [1.29, 1.82) is 0 Å². The van der Waals surface area contributed by atoms with Gasteiger partial charge in [0.25, 0.3) is 0 Å². The van der Waals surface area contributed by atoms with Crippen LogP contribution in [0.25, 0.3) is 27.5 Å². The lowest BCUT2D eigenvalue weighted by atomic mass is 9.84. The number of aromatic amines is 1. The van der Waals surface area contributed by atoms with Crippen LogP contribution in [-0.2, 0) is 14.3 Å². The van der Waals surface area contributed by atoms with Crippen molar-refractivity contribution >= 4 is 27.8 Å². The van der Waals surface area contributed by atoms with Crippen molar-refractivity contribution < 1.29 is 28.2 Å². The lowest BCUT2D eigenvalue weighted by Gasteiger charge is -2.31. The van der Waals surface area contributed by atoms with Gasteiger partial charge >= 0.3 is 5.97 Å². The summed E-state index contributed by atoms with van der Waals surface area (Å²) in [6, 6.07) is 6.88. The number of hydrogen-bond donors (Lipinski definition) is 2. The zero-order chi connectivity index (χ0) is 25.0. The van der Waals surface area contributed by atoms with E-state index in [1.807, 2.05) is 6.07 Å². The first-order valence-electron chi connectivity index (χ1n) is 12.3. The highest BCUT2D eigenvalue weighted by Gasteiger charge is 2.36. The number of benzene rings is 2. The van der Waals surface area contributed by atoms with Crippen LogP contribution >= 0.6 is 0 Å². The maximum absolute atomic E-state index is 16.2. The molecule has 2 fully saturated rings. The number of carboxylic acids is 1. The number of aromatic nitrogens is 3. The second-order valence-corrected chi connectivity index (χ2v) is 9.81. The van der Waals surface area contributed by atoms with Gasteiger partial charge in [0, 0.05) is 47.2 Å². The Bertz CT molecular complexity index is 1460. The van der Waals surface area contributed by atoms with Crippen molar-refractivity contribution in [3.8, 4) is 5.69 Å². The van der Waals surface area contributed by atoms with Gasteiger partial charge in [0.1, 0.15) is 11.3 Å². The summed E-state index contributed by atoms with van der Waals surface area (Å²) in [6.07, 6.45) is 3.20. The van der Waals surface area contributed by atoms with Gasteiger partial charge in [0.05, 0.1) is 18.3 Å². The fraction of sp³-hybridized carbons (Fsp3) is 0.407. The van der Waals surface area contributed by atoms with Gasteiger partial charge in [-0.1, -0.05) is 0 Å². The topological polar surface area (TPSA) is 89.4 Å². The SMILES string of the molecule is Cc1cc(-n2c(C3CCOCC3)c([C@H]3CC[C@H](C(=O)O)OC3)c3c(F)c4[nH]ncc4cc32)ccc1F. The number of H-pyrrole nitrogens is 1. The van der Waals surface area contributed by atoms with Crippen LogP contribution in [0.15, 0.2) is 30.5 Å². The fourth-order valence-corrected chi connectivity index (χ4v) is 5.86. The maximum Gasteiger partial charge on any atom is 0.332 e. The van der Waals surface area contributed by atoms with E-state index in [0.717, 1.165) is 29.8 Å². The van der Waals surface area contributed by atoms with E-state index in [1.54, 1.807) is 25.3 Å². The molecule has 6 rings (SSSR count). The quantitative estimate of drug-likeness (QED) is 0.399. The standard InChI is InChI=1S/C27H27F2N3O4/c1-14-10-18(3-4-19(14)28)32-20-11-17-12-30-31-25(17)24(29)23(20)22(26(32)15-6-8-35-9-7-15)16-2-5-21(27(33)34)36-13-16/h3-4,10-12,15-16,21H,2,5-9,13H2,1H3,(H,30,31)(H,33,34)/t16-,21+/m0/s1. The molecule has 2 saturated heterocycles. The first-order chi connectivity index (χ1) is 17.4. The Kier molecular flexibility index (Phi) is 5.76. The van der Waals surface area contributed by atoms with E-state index in [9.17, 15) is 14.3 Å². The number of aliphatic carboxylic acids is 1. The summed E-state index contributed by atoms with van der Waals surface area (Å²) in [5.74, 6) is -1.75. The lowest BCUT2D eigenvalue weighted by Crippen LogP contribution is -2.32. The van der Waals surface area contributed by atoms with Gasteiger partial charge in [-0.05, 0) is 68.0 Å². The van der Waals surface area contributed by atoms with E-state index < -0.39 is 12.1 Å². The molecule has 2 atom stereocenters. The third-order valence-corrected chi connectivity index (χ3v) is 7.65. The molecule has 0 spiro atoms. The van der Waals surface area contributed by atoms with E-state index in [2.05, 4.69) is 14.8 Å². The molecule has 0 saturated carbocycles. The molecule has 36 heavy (non-hydrogen) atoms. The molecule has 2 N–H and O–H groups in total. The van der Waals surface area contributed by atoms with Crippen LogP contribution in [0.1, 0.15) is 54.3 Å². The second-order valence-electron chi connectivity index (χ2n) is 9.81. The molecule has 0 aliphatic carbocycles. The molecule has 0 bridgehead atoms. The van der Waals surface area contributed by atoms with Crippen LogP contribution in [0.5, 0.6) is 0 Å². The van der Waals surface area contributed by atoms with Gasteiger partial charge in [0.15, 0.2) is 11.9 Å². The normalized spacial score (nSPS) is 21.4. The van der Waals surface area contributed by atoms with Crippen LogP contribution in [0.3, 0.4) is 0 Å². The van der Waals surface area contributed by atoms with Crippen molar-refractivity contribution in [2.45, 2.75) is 50.5 Å². The molecule has 2 aliphatic rings. The van der Waals surface area contributed by atoms with E-state index in [-0.39, 0.29) is 30.1 Å². The summed E-state index contributed by atoms with van der Waals surface area (Å²) < 4.78 is 43.9. The molecule has 9 heteroatoms.